The van der Waals surface area contributed by atoms with Crippen LogP contribution in [0.1, 0.15) is 139 Å². The van der Waals surface area contributed by atoms with Gasteiger partial charge in [0.2, 0.25) is 0 Å². The van der Waals surface area contributed by atoms with Crippen LogP contribution in [0.3, 0.4) is 0 Å². The number of ketones is 2. The van der Waals surface area contributed by atoms with Gasteiger partial charge in [-0.2, -0.15) is 0 Å². The van der Waals surface area contributed by atoms with Gasteiger partial charge in [0.05, 0.1) is 5.92 Å². The Morgan fingerprint density at radius 3 is 1.68 bits per heavy atom. The molecule has 44 heavy (non-hydrogen) atoms. The number of aliphatic carboxylic acids is 1. The van der Waals surface area contributed by atoms with Gasteiger partial charge >= 0.3 is 11.9 Å². The largest absolute Gasteiger partial charge is 0.481 e. The zero-order valence-corrected chi connectivity index (χ0v) is 29.0. The Balaban J connectivity index is 2.02. The van der Waals surface area contributed by atoms with Gasteiger partial charge in [-0.25, -0.2) is 0 Å². The molecule has 7 atom stereocenters. The molecule has 0 aromatic carbocycles. The third-order valence-corrected chi connectivity index (χ3v) is 10.3. The first-order chi connectivity index (χ1) is 20.6. The lowest BCUT2D eigenvalue weighted by Crippen LogP contribution is -2.40. The highest BCUT2D eigenvalue weighted by molar-refractivity contribution is 5.84. The highest BCUT2D eigenvalue weighted by Gasteiger charge is 2.42. The van der Waals surface area contributed by atoms with Crippen molar-refractivity contribution in [3.63, 3.8) is 0 Å². The monoisotopic (exact) mass is 614 g/mol. The fraction of sp³-hybridized carbons (Fsp3) is 0.789. The Labute approximate surface area is 267 Å². The molecule has 2 aliphatic carbocycles. The third kappa shape index (κ3) is 11.6. The number of carbonyl (C=O) groups excluding carboxylic acids is 3. The summed E-state index contributed by atoms with van der Waals surface area (Å²) < 4.78 is 5.98. The molecule has 6 heteroatoms. The molecule has 2 aliphatic rings. The van der Waals surface area contributed by atoms with Gasteiger partial charge in [0.1, 0.15) is 17.7 Å². The van der Waals surface area contributed by atoms with E-state index in [9.17, 15) is 19.2 Å². The second-order valence-electron chi connectivity index (χ2n) is 15.5. The summed E-state index contributed by atoms with van der Waals surface area (Å²) in [5.41, 5.74) is -0.235. The predicted octanol–water partition coefficient (Wildman–Crippen LogP) is 9.16. The van der Waals surface area contributed by atoms with Crippen molar-refractivity contribution in [2.24, 2.45) is 46.3 Å². The van der Waals surface area contributed by atoms with Crippen molar-refractivity contribution < 1.29 is 29.0 Å². The molecule has 0 heterocycles. The van der Waals surface area contributed by atoms with Crippen LogP contribution in [0.5, 0.6) is 0 Å². The maximum absolute atomic E-state index is 13.7. The molecule has 7 unspecified atom stereocenters. The van der Waals surface area contributed by atoms with E-state index < -0.39 is 18.0 Å². The maximum Gasteiger partial charge on any atom is 0.309 e. The number of ether oxygens (including phenoxy) is 1. The highest BCUT2D eigenvalue weighted by atomic mass is 16.5. The molecule has 6 nitrogen and oxygen atoms in total. The first kappa shape index (κ1) is 37.9. The van der Waals surface area contributed by atoms with E-state index >= 15 is 0 Å². The summed E-state index contributed by atoms with van der Waals surface area (Å²) in [6.07, 6.45) is 17.9. The van der Waals surface area contributed by atoms with Crippen molar-refractivity contribution in [3.05, 3.63) is 24.3 Å². The molecule has 2 rings (SSSR count). The number of hydrogen-bond donors (Lipinski definition) is 1. The smallest absolute Gasteiger partial charge is 0.309 e. The lowest BCUT2D eigenvalue weighted by atomic mass is 9.64. The van der Waals surface area contributed by atoms with Crippen molar-refractivity contribution >= 4 is 23.5 Å². The van der Waals surface area contributed by atoms with Crippen molar-refractivity contribution in [3.8, 4) is 0 Å². The molecule has 0 spiro atoms. The van der Waals surface area contributed by atoms with Crippen LogP contribution in [0, 0.1) is 46.3 Å². The number of unbranched alkanes of at least 4 members (excludes halogenated alkanes) is 6. The van der Waals surface area contributed by atoms with Crippen LogP contribution in [0.15, 0.2) is 24.3 Å². The predicted molar refractivity (Wildman–Crippen MR) is 177 cm³/mol. The van der Waals surface area contributed by atoms with Crippen LogP contribution in [0.4, 0.5) is 0 Å². The van der Waals surface area contributed by atoms with Crippen molar-refractivity contribution in [1.82, 2.24) is 0 Å². The molecule has 0 bridgehead atoms. The zero-order chi connectivity index (χ0) is 33.1. The summed E-state index contributed by atoms with van der Waals surface area (Å²) in [6, 6.07) is 0. The second-order valence-corrected chi connectivity index (χ2v) is 15.5. The summed E-state index contributed by atoms with van der Waals surface area (Å²) in [6.45, 7) is 16.6. The Morgan fingerprint density at radius 2 is 1.20 bits per heavy atom. The van der Waals surface area contributed by atoms with Crippen LogP contribution >= 0.6 is 0 Å². The van der Waals surface area contributed by atoms with E-state index in [4.69, 9.17) is 9.84 Å². The molecule has 250 valence electrons. The van der Waals surface area contributed by atoms with Crippen molar-refractivity contribution in [2.45, 2.75) is 145 Å². The Bertz CT molecular complexity index is 1020. The fourth-order valence-electron chi connectivity index (χ4n) is 8.01. The van der Waals surface area contributed by atoms with E-state index in [2.05, 4.69) is 65.8 Å². The van der Waals surface area contributed by atoms with Crippen molar-refractivity contribution in [2.75, 3.05) is 0 Å². The molecule has 1 N–H and O–H groups in total. The van der Waals surface area contributed by atoms with Gasteiger partial charge in [0, 0.05) is 31.1 Å². The molecule has 0 aromatic rings. The summed E-state index contributed by atoms with van der Waals surface area (Å²) >= 11 is 0. The summed E-state index contributed by atoms with van der Waals surface area (Å²) in [5.74, 6) is -1.03. The molecule has 0 aromatic heterocycles. The van der Waals surface area contributed by atoms with Crippen LogP contribution in [0.25, 0.3) is 0 Å². The molecule has 0 amide bonds. The van der Waals surface area contributed by atoms with Crippen LogP contribution < -0.4 is 0 Å². The number of hydrogen-bond acceptors (Lipinski definition) is 5. The maximum atomic E-state index is 13.7. The molecule has 0 saturated heterocycles. The van der Waals surface area contributed by atoms with Gasteiger partial charge in [-0.05, 0) is 61.2 Å². The van der Waals surface area contributed by atoms with E-state index in [1.54, 1.807) is 0 Å². The van der Waals surface area contributed by atoms with E-state index in [-0.39, 0.29) is 70.8 Å². The molecular weight excluding hydrogens is 552 g/mol. The Morgan fingerprint density at radius 1 is 0.750 bits per heavy atom. The minimum Gasteiger partial charge on any atom is -0.481 e. The van der Waals surface area contributed by atoms with Gasteiger partial charge in [-0.15, -0.1) is 0 Å². The number of allylic oxidation sites excluding steroid dienone is 4. The third-order valence-electron chi connectivity index (χ3n) is 10.3. The minimum absolute atomic E-state index is 0.0702. The van der Waals surface area contributed by atoms with E-state index in [1.807, 2.05) is 13.8 Å². The zero-order valence-electron chi connectivity index (χ0n) is 29.0. The second kappa shape index (κ2) is 17.5. The lowest BCUT2D eigenvalue weighted by molar-refractivity contribution is -0.157. The molecule has 0 saturated carbocycles. The Kier molecular flexibility index (Phi) is 15.1. The van der Waals surface area contributed by atoms with E-state index in [0.717, 1.165) is 57.8 Å². The van der Waals surface area contributed by atoms with Gasteiger partial charge in [0.25, 0.3) is 0 Å². The summed E-state index contributed by atoms with van der Waals surface area (Å²) in [7, 11) is 0. The fourth-order valence-corrected chi connectivity index (χ4v) is 8.01. The van der Waals surface area contributed by atoms with Gasteiger partial charge < -0.3 is 9.84 Å². The summed E-state index contributed by atoms with van der Waals surface area (Å²) in [5, 5.41) is 8.80. The van der Waals surface area contributed by atoms with Gasteiger partial charge in [-0.1, -0.05) is 111 Å². The number of carbonyl (C=O) groups is 4. The van der Waals surface area contributed by atoms with Gasteiger partial charge in [0.15, 0.2) is 0 Å². The normalized spacial score (nSPS) is 26.0. The molecule has 0 radical (unpaired) electrons. The molecule has 0 aliphatic heterocycles. The van der Waals surface area contributed by atoms with Crippen LogP contribution in [-0.4, -0.2) is 34.7 Å². The summed E-state index contributed by atoms with van der Waals surface area (Å²) in [4.78, 5) is 51.4. The highest BCUT2D eigenvalue weighted by Crippen LogP contribution is 2.43. The quantitative estimate of drug-likeness (QED) is 0.0885. The Hall–Kier alpha value is -2.24. The van der Waals surface area contributed by atoms with E-state index in [0.29, 0.717) is 12.8 Å². The number of carboxylic acids is 1. The van der Waals surface area contributed by atoms with Crippen molar-refractivity contribution in [1.29, 1.82) is 0 Å². The number of Topliss-reactive ketones (excluding diaryl/α,β-unsaturated/α-hetero) is 2. The van der Waals surface area contributed by atoms with Gasteiger partial charge in [-0.3, -0.25) is 19.2 Å². The molecular formula is C38H62O6. The first-order valence-electron chi connectivity index (χ1n) is 17.4. The first-order valence-corrected chi connectivity index (χ1v) is 17.4. The van der Waals surface area contributed by atoms with Crippen LogP contribution in [0.2, 0.25) is 0 Å². The topological polar surface area (TPSA) is 97.7 Å². The minimum atomic E-state index is -0.739. The average Bonchev–Trinajstić information content (AvgIpc) is 2.88. The van der Waals surface area contributed by atoms with Crippen LogP contribution in [-0.2, 0) is 23.9 Å². The SMILES string of the molecule is CC(CC(=O)C1C(C)C=CCC1(C)C)OC(=O)C(CCCCCCCCCC(=O)O)C(C)CC(=O)C1C(C)C=CCC1(C)C. The lowest BCUT2D eigenvalue weighted by Gasteiger charge is -2.39. The number of esters is 1. The number of rotatable bonds is 19. The average molecular weight is 615 g/mol. The van der Waals surface area contributed by atoms with E-state index in [1.165, 1.54) is 0 Å². The standard InChI is InChI=1S/C38H62O6/c1-26-18-16-22-37(5,6)34(26)31(39)24-28(3)30(20-14-12-10-9-11-13-15-21-33(41)42)36(43)44-29(4)25-32(40)35-27(2)19-17-23-38(35,7)8/h16-19,26-30,34-35H,9-15,20-25H2,1-8H3,(H,41,42). The number of carboxylic acid groups (broad SMARTS) is 1. The molecule has 0 fully saturated rings.